The quantitative estimate of drug-likeness (QED) is 0.746. The van der Waals surface area contributed by atoms with Crippen molar-refractivity contribution < 1.29 is 19.4 Å². The number of alkyl carbamates (subject to hydrolysis) is 1. The normalized spacial score (nSPS) is 12.1. The second kappa shape index (κ2) is 9.22. The van der Waals surface area contributed by atoms with E-state index in [1.807, 2.05) is 54.6 Å². The number of amides is 1. The third kappa shape index (κ3) is 6.91. The SMILES string of the molecule is C=C(CC(Cc1ccc(-c2ccccc2)cc1)NC(=O)OC(C)(C)C)C(=O)[O-]. The summed E-state index contributed by atoms with van der Waals surface area (Å²) in [5, 5.41) is 13.8. The summed E-state index contributed by atoms with van der Waals surface area (Å²) in [5.74, 6) is -1.32. The number of nitrogens with one attached hydrogen (secondary N) is 1. The average Bonchev–Trinajstić information content (AvgIpc) is 2.61. The predicted molar refractivity (Wildman–Crippen MR) is 108 cm³/mol. The van der Waals surface area contributed by atoms with Gasteiger partial charge in [0.05, 0.1) is 5.97 Å². The first kappa shape index (κ1) is 21.2. The summed E-state index contributed by atoms with van der Waals surface area (Å²) in [7, 11) is 0. The lowest BCUT2D eigenvalue weighted by Crippen LogP contribution is -2.41. The molecule has 0 spiro atoms. The third-order valence-corrected chi connectivity index (χ3v) is 4.05. The summed E-state index contributed by atoms with van der Waals surface area (Å²) < 4.78 is 5.28. The minimum absolute atomic E-state index is 0.0676. The van der Waals surface area contributed by atoms with Gasteiger partial charge < -0.3 is 20.0 Å². The molecule has 0 radical (unpaired) electrons. The Morgan fingerprint density at radius 3 is 2.14 bits per heavy atom. The topological polar surface area (TPSA) is 78.5 Å². The van der Waals surface area contributed by atoms with Crippen LogP contribution in [0, 0.1) is 0 Å². The number of carbonyl (C=O) groups excluding carboxylic acids is 2. The highest BCUT2D eigenvalue weighted by Gasteiger charge is 2.20. The van der Waals surface area contributed by atoms with E-state index in [0.29, 0.717) is 6.42 Å². The molecule has 0 heterocycles. The zero-order chi connectivity index (χ0) is 20.7. The van der Waals surface area contributed by atoms with E-state index in [1.165, 1.54) is 0 Å². The van der Waals surface area contributed by atoms with Crippen LogP contribution in [0.1, 0.15) is 32.8 Å². The lowest BCUT2D eigenvalue weighted by molar-refractivity contribution is -0.299. The molecule has 0 aromatic heterocycles. The Labute approximate surface area is 166 Å². The van der Waals surface area contributed by atoms with E-state index >= 15 is 0 Å². The monoisotopic (exact) mass is 380 g/mol. The molecule has 148 valence electrons. The van der Waals surface area contributed by atoms with Crippen LogP contribution in [-0.4, -0.2) is 23.7 Å². The van der Waals surface area contributed by atoms with Gasteiger partial charge in [-0.2, -0.15) is 0 Å². The maximum absolute atomic E-state index is 12.1. The minimum Gasteiger partial charge on any atom is -0.545 e. The first-order chi connectivity index (χ1) is 13.1. The molecule has 2 aromatic carbocycles. The number of carbonyl (C=O) groups is 2. The predicted octanol–water partition coefficient (Wildman–Crippen LogP) is 3.49. The highest BCUT2D eigenvalue weighted by atomic mass is 16.6. The van der Waals surface area contributed by atoms with E-state index in [4.69, 9.17) is 4.74 Å². The van der Waals surface area contributed by atoms with Crippen molar-refractivity contribution in [1.29, 1.82) is 0 Å². The molecular weight excluding hydrogens is 354 g/mol. The number of benzene rings is 2. The van der Waals surface area contributed by atoms with Crippen molar-refractivity contribution >= 4 is 12.1 Å². The minimum atomic E-state index is -1.32. The van der Waals surface area contributed by atoms with Gasteiger partial charge in [-0.25, -0.2) is 4.79 Å². The second-order valence-corrected chi connectivity index (χ2v) is 7.71. The molecule has 5 heteroatoms. The largest absolute Gasteiger partial charge is 0.545 e. The van der Waals surface area contributed by atoms with Gasteiger partial charge in [0.1, 0.15) is 5.60 Å². The Balaban J connectivity index is 2.11. The molecule has 0 saturated heterocycles. The lowest BCUT2D eigenvalue weighted by atomic mass is 9.97. The molecular formula is C23H26NO4-. The van der Waals surface area contributed by atoms with Gasteiger partial charge in [-0.05, 0) is 55.9 Å². The number of carboxylic acid groups (broad SMARTS) is 1. The van der Waals surface area contributed by atoms with Crippen LogP contribution >= 0.6 is 0 Å². The summed E-state index contributed by atoms with van der Waals surface area (Å²) in [4.78, 5) is 23.2. The summed E-state index contributed by atoms with van der Waals surface area (Å²) in [5.41, 5.74) is 2.45. The summed E-state index contributed by atoms with van der Waals surface area (Å²) in [6.45, 7) is 8.82. The Hall–Kier alpha value is -3.08. The van der Waals surface area contributed by atoms with Crippen LogP contribution in [0.2, 0.25) is 0 Å². The van der Waals surface area contributed by atoms with Gasteiger partial charge in [-0.15, -0.1) is 0 Å². The van der Waals surface area contributed by atoms with Gasteiger partial charge in [-0.1, -0.05) is 61.2 Å². The molecule has 0 saturated carbocycles. The fraction of sp³-hybridized carbons (Fsp3) is 0.304. The molecule has 1 unspecified atom stereocenters. The first-order valence-corrected chi connectivity index (χ1v) is 9.17. The molecule has 28 heavy (non-hydrogen) atoms. The molecule has 1 amide bonds. The molecule has 0 fully saturated rings. The average molecular weight is 380 g/mol. The van der Waals surface area contributed by atoms with Crippen LogP contribution in [0.3, 0.4) is 0 Å². The molecule has 5 nitrogen and oxygen atoms in total. The number of ether oxygens (including phenoxy) is 1. The van der Waals surface area contributed by atoms with E-state index in [1.54, 1.807) is 20.8 Å². The molecule has 2 aromatic rings. The van der Waals surface area contributed by atoms with Crippen molar-refractivity contribution in [2.45, 2.75) is 45.3 Å². The zero-order valence-corrected chi connectivity index (χ0v) is 16.5. The van der Waals surface area contributed by atoms with Gasteiger partial charge in [0.15, 0.2) is 0 Å². The third-order valence-electron chi connectivity index (χ3n) is 4.05. The highest BCUT2D eigenvalue weighted by Crippen LogP contribution is 2.20. The van der Waals surface area contributed by atoms with Gasteiger partial charge in [0.25, 0.3) is 0 Å². The van der Waals surface area contributed by atoms with Gasteiger partial charge in [0, 0.05) is 6.04 Å². The molecule has 0 aliphatic rings. The second-order valence-electron chi connectivity index (χ2n) is 7.71. The Kier molecular flexibility index (Phi) is 6.99. The van der Waals surface area contributed by atoms with Crippen molar-refractivity contribution in [3.8, 4) is 11.1 Å². The van der Waals surface area contributed by atoms with E-state index < -0.39 is 23.7 Å². The maximum atomic E-state index is 12.1. The van der Waals surface area contributed by atoms with Gasteiger partial charge in [-0.3, -0.25) is 0 Å². The fourth-order valence-corrected chi connectivity index (χ4v) is 2.78. The van der Waals surface area contributed by atoms with E-state index in [-0.39, 0.29) is 12.0 Å². The standard InChI is InChI=1S/C23H27NO4/c1-16(21(25)26)14-20(24-22(27)28-23(2,3)4)15-17-10-12-19(13-11-17)18-8-6-5-7-9-18/h5-13,20H,1,14-15H2,2-4H3,(H,24,27)(H,25,26)/p-1. The molecule has 0 bridgehead atoms. The van der Waals surface area contributed by atoms with Crippen LogP contribution in [0.5, 0.6) is 0 Å². The summed E-state index contributed by atoms with van der Waals surface area (Å²) in [6, 6.07) is 17.5. The molecule has 0 aliphatic heterocycles. The van der Waals surface area contributed by atoms with Crippen LogP contribution in [0.25, 0.3) is 11.1 Å². The van der Waals surface area contributed by atoms with E-state index in [0.717, 1.165) is 16.7 Å². The summed E-state index contributed by atoms with van der Waals surface area (Å²) >= 11 is 0. The Morgan fingerprint density at radius 1 is 1.04 bits per heavy atom. The van der Waals surface area contributed by atoms with Crippen molar-refractivity contribution in [2.75, 3.05) is 0 Å². The number of hydrogen-bond donors (Lipinski definition) is 1. The highest BCUT2D eigenvalue weighted by molar-refractivity contribution is 5.84. The summed E-state index contributed by atoms with van der Waals surface area (Å²) in [6.07, 6.45) is -0.0765. The zero-order valence-electron chi connectivity index (χ0n) is 16.5. The molecule has 2 rings (SSSR count). The Morgan fingerprint density at radius 2 is 1.61 bits per heavy atom. The van der Waals surface area contributed by atoms with Crippen molar-refractivity contribution in [2.24, 2.45) is 0 Å². The lowest BCUT2D eigenvalue weighted by Gasteiger charge is -2.24. The van der Waals surface area contributed by atoms with Gasteiger partial charge in [0.2, 0.25) is 0 Å². The van der Waals surface area contributed by atoms with Crippen LogP contribution in [-0.2, 0) is 16.0 Å². The number of aliphatic carboxylic acids is 1. The molecule has 1 atom stereocenters. The maximum Gasteiger partial charge on any atom is 0.407 e. The number of rotatable bonds is 7. The molecule has 0 aliphatic carbocycles. The van der Waals surface area contributed by atoms with Crippen LogP contribution in [0.4, 0.5) is 4.79 Å². The van der Waals surface area contributed by atoms with Crippen molar-refractivity contribution in [3.05, 3.63) is 72.3 Å². The fourth-order valence-electron chi connectivity index (χ4n) is 2.78. The number of hydrogen-bond acceptors (Lipinski definition) is 4. The van der Waals surface area contributed by atoms with Gasteiger partial charge >= 0.3 is 6.09 Å². The number of carboxylic acids is 1. The van der Waals surface area contributed by atoms with E-state index in [9.17, 15) is 14.7 Å². The van der Waals surface area contributed by atoms with Crippen LogP contribution < -0.4 is 10.4 Å². The smallest absolute Gasteiger partial charge is 0.407 e. The van der Waals surface area contributed by atoms with Crippen molar-refractivity contribution in [1.82, 2.24) is 5.32 Å². The van der Waals surface area contributed by atoms with E-state index in [2.05, 4.69) is 11.9 Å². The van der Waals surface area contributed by atoms with Crippen molar-refractivity contribution in [3.63, 3.8) is 0 Å². The Bertz CT molecular complexity index is 820. The van der Waals surface area contributed by atoms with Crippen LogP contribution in [0.15, 0.2) is 66.7 Å². The molecule has 1 N–H and O–H groups in total. The first-order valence-electron chi connectivity index (χ1n) is 9.17.